The van der Waals surface area contributed by atoms with E-state index in [1.54, 1.807) is 0 Å². The van der Waals surface area contributed by atoms with Crippen molar-refractivity contribution in [2.45, 2.75) is 20.3 Å². The van der Waals surface area contributed by atoms with E-state index < -0.39 is 0 Å². The Labute approximate surface area is 173 Å². The van der Waals surface area contributed by atoms with Gasteiger partial charge in [-0.1, -0.05) is 24.3 Å². The van der Waals surface area contributed by atoms with Crippen LogP contribution in [0.25, 0.3) is 22.5 Å². The molecule has 2 heterocycles. The molecule has 2 aromatic heterocycles. The molecule has 0 saturated carbocycles. The normalized spacial score (nSPS) is 10.9. The molecule has 0 spiro atoms. The SMILES string of the molecule is Cc1cc(Cc2ccc(-c3cccc[n+]3C)c(C)c2)ccc1-c1cccc[n+]1C. The van der Waals surface area contributed by atoms with Gasteiger partial charge in [0.05, 0.1) is 0 Å². The van der Waals surface area contributed by atoms with Crippen LogP contribution in [-0.4, -0.2) is 0 Å². The van der Waals surface area contributed by atoms with Crippen molar-refractivity contribution in [1.29, 1.82) is 0 Å². The maximum Gasteiger partial charge on any atom is 0.212 e. The number of hydrogen-bond acceptors (Lipinski definition) is 0. The highest BCUT2D eigenvalue weighted by atomic mass is 14.9. The Morgan fingerprint density at radius 3 is 1.41 bits per heavy atom. The molecule has 0 amide bonds. The third kappa shape index (κ3) is 3.97. The molecule has 2 aromatic carbocycles. The van der Waals surface area contributed by atoms with E-state index in [1.165, 1.54) is 44.8 Å². The van der Waals surface area contributed by atoms with Gasteiger partial charge >= 0.3 is 0 Å². The number of rotatable bonds is 4. The van der Waals surface area contributed by atoms with E-state index in [0.717, 1.165) is 6.42 Å². The van der Waals surface area contributed by atoms with E-state index in [9.17, 15) is 0 Å². The molecule has 0 aliphatic carbocycles. The van der Waals surface area contributed by atoms with Crippen LogP contribution < -0.4 is 9.13 Å². The lowest BCUT2D eigenvalue weighted by molar-refractivity contribution is -0.660. The first-order valence-electron chi connectivity index (χ1n) is 10.1. The highest BCUT2D eigenvalue weighted by molar-refractivity contribution is 5.63. The number of hydrogen-bond donors (Lipinski definition) is 0. The van der Waals surface area contributed by atoms with Crippen LogP contribution in [0, 0.1) is 13.8 Å². The zero-order valence-electron chi connectivity index (χ0n) is 17.7. The monoisotopic (exact) mass is 380 g/mol. The maximum absolute atomic E-state index is 2.32. The fraction of sp³-hybridized carbons (Fsp3) is 0.185. The Bertz CT molecular complexity index is 1080. The Hall–Kier alpha value is -3.26. The Kier molecular flexibility index (Phi) is 5.26. The lowest BCUT2D eigenvalue weighted by atomic mass is 9.95. The van der Waals surface area contributed by atoms with Crippen LogP contribution in [0.5, 0.6) is 0 Å². The molecule has 4 aromatic rings. The molecule has 0 saturated heterocycles. The van der Waals surface area contributed by atoms with Gasteiger partial charge in [-0.2, -0.15) is 0 Å². The number of nitrogens with zero attached hydrogens (tertiary/aromatic N) is 2. The lowest BCUT2D eigenvalue weighted by Crippen LogP contribution is -2.30. The van der Waals surface area contributed by atoms with Gasteiger partial charge in [-0.25, -0.2) is 9.13 Å². The summed E-state index contributed by atoms with van der Waals surface area (Å²) in [5.74, 6) is 0. The first-order chi connectivity index (χ1) is 14.0. The predicted molar refractivity (Wildman–Crippen MR) is 118 cm³/mol. The first-order valence-corrected chi connectivity index (χ1v) is 10.1. The highest BCUT2D eigenvalue weighted by Gasteiger charge is 2.13. The molecule has 0 radical (unpaired) electrons. The van der Waals surface area contributed by atoms with Crippen LogP contribution >= 0.6 is 0 Å². The summed E-state index contributed by atoms with van der Waals surface area (Å²) in [6, 6.07) is 26.3. The van der Waals surface area contributed by atoms with Gasteiger partial charge in [-0.3, -0.25) is 0 Å². The van der Waals surface area contributed by atoms with Gasteiger partial charge in [0.15, 0.2) is 12.4 Å². The second-order valence-electron chi connectivity index (χ2n) is 7.87. The Morgan fingerprint density at radius 2 is 1.03 bits per heavy atom. The first kappa shape index (κ1) is 19.1. The van der Waals surface area contributed by atoms with Crippen LogP contribution in [0.2, 0.25) is 0 Å². The molecule has 2 heteroatoms. The van der Waals surface area contributed by atoms with Crippen LogP contribution in [0.4, 0.5) is 0 Å². The van der Waals surface area contributed by atoms with Crippen molar-refractivity contribution >= 4 is 0 Å². The van der Waals surface area contributed by atoms with E-state index >= 15 is 0 Å². The second kappa shape index (κ2) is 8.00. The lowest BCUT2D eigenvalue weighted by Gasteiger charge is -2.10. The molecule has 4 rings (SSSR count). The number of aromatic nitrogens is 2. The molecule has 0 bridgehead atoms. The quantitative estimate of drug-likeness (QED) is 0.446. The minimum Gasteiger partial charge on any atom is -0.201 e. The van der Waals surface area contributed by atoms with E-state index in [0.29, 0.717) is 0 Å². The van der Waals surface area contributed by atoms with Crippen LogP contribution in [0.1, 0.15) is 22.3 Å². The molecular weight excluding hydrogens is 352 g/mol. The van der Waals surface area contributed by atoms with Crippen molar-refractivity contribution in [3.05, 3.63) is 107 Å². The van der Waals surface area contributed by atoms with Crippen molar-refractivity contribution in [3.63, 3.8) is 0 Å². The molecule has 2 nitrogen and oxygen atoms in total. The molecule has 144 valence electrons. The van der Waals surface area contributed by atoms with Crippen LogP contribution in [0.3, 0.4) is 0 Å². The van der Waals surface area contributed by atoms with Crippen molar-refractivity contribution in [1.82, 2.24) is 0 Å². The maximum atomic E-state index is 2.32. The van der Waals surface area contributed by atoms with Gasteiger partial charge in [0, 0.05) is 35.4 Å². The van der Waals surface area contributed by atoms with E-state index in [1.807, 2.05) is 0 Å². The molecule has 29 heavy (non-hydrogen) atoms. The fourth-order valence-corrected chi connectivity index (χ4v) is 4.09. The Morgan fingerprint density at radius 1 is 0.586 bits per heavy atom. The summed E-state index contributed by atoms with van der Waals surface area (Å²) in [5.41, 5.74) is 10.4. The molecule has 0 aliphatic heterocycles. The third-order valence-corrected chi connectivity index (χ3v) is 5.65. The van der Waals surface area contributed by atoms with Gasteiger partial charge in [0.2, 0.25) is 11.4 Å². The second-order valence-corrected chi connectivity index (χ2v) is 7.87. The van der Waals surface area contributed by atoms with E-state index in [4.69, 9.17) is 0 Å². The minimum atomic E-state index is 0.948. The number of benzene rings is 2. The minimum absolute atomic E-state index is 0.948. The number of pyridine rings is 2. The third-order valence-electron chi connectivity index (χ3n) is 5.65. The van der Waals surface area contributed by atoms with E-state index in [-0.39, 0.29) is 0 Å². The molecule has 0 fully saturated rings. The van der Waals surface area contributed by atoms with Crippen molar-refractivity contribution in [2.75, 3.05) is 0 Å². The average molecular weight is 381 g/mol. The molecule has 0 N–H and O–H groups in total. The number of aryl methyl sites for hydroxylation is 4. The fourth-order valence-electron chi connectivity index (χ4n) is 4.09. The standard InChI is InChI=1S/C27H28N2/c1-20-17-22(11-13-24(20)26-9-5-7-15-28(26)3)19-23-12-14-25(21(2)18-23)27-10-6-8-16-29(27)4/h5-18H,19H2,1-4H3/q+2. The topological polar surface area (TPSA) is 7.76 Å². The summed E-state index contributed by atoms with van der Waals surface area (Å²) in [6.07, 6.45) is 5.14. The smallest absolute Gasteiger partial charge is 0.201 e. The van der Waals surface area contributed by atoms with Gasteiger partial charge in [-0.05, 0) is 66.8 Å². The van der Waals surface area contributed by atoms with Crippen molar-refractivity contribution in [2.24, 2.45) is 14.1 Å². The summed E-state index contributed by atoms with van der Waals surface area (Å²) in [5, 5.41) is 0. The zero-order valence-corrected chi connectivity index (χ0v) is 17.7. The van der Waals surface area contributed by atoms with Gasteiger partial charge in [0.25, 0.3) is 0 Å². The summed E-state index contributed by atoms with van der Waals surface area (Å²) >= 11 is 0. The van der Waals surface area contributed by atoms with E-state index in [2.05, 4.69) is 122 Å². The van der Waals surface area contributed by atoms with Crippen molar-refractivity contribution in [3.8, 4) is 22.5 Å². The molecule has 0 aliphatic rings. The van der Waals surface area contributed by atoms with Crippen molar-refractivity contribution < 1.29 is 9.13 Å². The molecular formula is C27H28N2+2. The van der Waals surface area contributed by atoms with Gasteiger partial charge in [-0.15, -0.1) is 0 Å². The zero-order chi connectivity index (χ0) is 20.4. The average Bonchev–Trinajstić information content (AvgIpc) is 2.70. The Balaban J connectivity index is 1.60. The van der Waals surface area contributed by atoms with Crippen LogP contribution in [0.15, 0.2) is 85.2 Å². The molecule has 0 atom stereocenters. The predicted octanol–water partition coefficient (Wildman–Crippen LogP) is 4.88. The van der Waals surface area contributed by atoms with Crippen LogP contribution in [-0.2, 0) is 20.5 Å². The summed E-state index contributed by atoms with van der Waals surface area (Å²) in [7, 11) is 4.19. The summed E-state index contributed by atoms with van der Waals surface area (Å²) in [4.78, 5) is 0. The van der Waals surface area contributed by atoms with Gasteiger partial charge < -0.3 is 0 Å². The highest BCUT2D eigenvalue weighted by Crippen LogP contribution is 2.25. The summed E-state index contributed by atoms with van der Waals surface area (Å²) < 4.78 is 4.35. The largest absolute Gasteiger partial charge is 0.212 e. The molecule has 0 unspecified atom stereocenters. The summed E-state index contributed by atoms with van der Waals surface area (Å²) in [6.45, 7) is 4.41. The van der Waals surface area contributed by atoms with Gasteiger partial charge in [0.1, 0.15) is 14.1 Å².